The van der Waals surface area contributed by atoms with E-state index in [1.807, 2.05) is 6.92 Å². The molecule has 0 radical (unpaired) electrons. The van der Waals surface area contributed by atoms with E-state index >= 15 is 0 Å². The van der Waals surface area contributed by atoms with Gasteiger partial charge >= 0.3 is 0 Å². The Morgan fingerprint density at radius 3 is 2.74 bits per heavy atom. The molecule has 4 heteroatoms. The fraction of sp³-hybridized carbons (Fsp3) is 0.933. The summed E-state index contributed by atoms with van der Waals surface area (Å²) in [5, 5.41) is 12.8. The molecule has 0 aromatic heterocycles. The minimum Gasteiger partial charge on any atom is -0.377 e. The third kappa shape index (κ3) is 4.45. The van der Waals surface area contributed by atoms with Crippen LogP contribution >= 0.6 is 0 Å². The molecule has 0 aliphatic carbocycles. The van der Waals surface area contributed by atoms with E-state index in [-0.39, 0.29) is 0 Å². The predicted molar refractivity (Wildman–Crippen MR) is 78.0 cm³/mol. The summed E-state index contributed by atoms with van der Waals surface area (Å²) in [6.45, 7) is 10.2. The second-order valence-electron chi connectivity index (χ2n) is 6.02. The van der Waals surface area contributed by atoms with E-state index < -0.39 is 5.54 Å². The molecular weight excluding hydrogens is 238 g/mol. The maximum atomic E-state index is 9.40. The van der Waals surface area contributed by atoms with Gasteiger partial charge in [0.25, 0.3) is 0 Å². The van der Waals surface area contributed by atoms with Crippen molar-refractivity contribution in [3.05, 3.63) is 0 Å². The van der Waals surface area contributed by atoms with Crippen molar-refractivity contribution in [1.82, 2.24) is 10.2 Å². The van der Waals surface area contributed by atoms with Crippen molar-refractivity contribution in [2.45, 2.75) is 70.7 Å². The van der Waals surface area contributed by atoms with Gasteiger partial charge in [0.2, 0.25) is 0 Å². The zero-order valence-electron chi connectivity index (χ0n) is 13.1. The molecule has 4 unspecified atom stereocenters. The normalized spacial score (nSPS) is 28.1. The molecule has 1 N–H and O–H groups in total. The van der Waals surface area contributed by atoms with Gasteiger partial charge in [-0.2, -0.15) is 5.26 Å². The van der Waals surface area contributed by atoms with E-state index in [1.54, 1.807) is 0 Å². The average molecular weight is 267 g/mol. The summed E-state index contributed by atoms with van der Waals surface area (Å²) in [6, 6.07) is 3.27. The molecule has 0 amide bonds. The van der Waals surface area contributed by atoms with Gasteiger partial charge in [0.05, 0.1) is 12.2 Å². The average Bonchev–Trinajstić information content (AvgIpc) is 2.81. The number of rotatable bonds is 7. The van der Waals surface area contributed by atoms with Crippen molar-refractivity contribution in [3.8, 4) is 6.07 Å². The van der Waals surface area contributed by atoms with Crippen molar-refractivity contribution in [2.24, 2.45) is 0 Å². The van der Waals surface area contributed by atoms with Crippen molar-refractivity contribution in [2.75, 3.05) is 20.2 Å². The number of nitriles is 1. The van der Waals surface area contributed by atoms with Crippen molar-refractivity contribution < 1.29 is 4.74 Å². The third-order valence-corrected chi connectivity index (χ3v) is 4.27. The highest BCUT2D eigenvalue weighted by molar-refractivity contribution is 5.05. The van der Waals surface area contributed by atoms with Crippen molar-refractivity contribution >= 4 is 0 Å². The lowest BCUT2D eigenvalue weighted by Crippen LogP contribution is -2.50. The Balaban J connectivity index is 2.56. The van der Waals surface area contributed by atoms with E-state index in [9.17, 15) is 5.26 Å². The van der Waals surface area contributed by atoms with E-state index in [2.05, 4.69) is 44.1 Å². The molecule has 0 aromatic rings. The topological polar surface area (TPSA) is 48.3 Å². The van der Waals surface area contributed by atoms with Crippen LogP contribution < -0.4 is 5.32 Å². The van der Waals surface area contributed by atoms with Crippen LogP contribution in [0, 0.1) is 11.3 Å². The molecule has 19 heavy (non-hydrogen) atoms. The Kier molecular flexibility index (Phi) is 6.25. The van der Waals surface area contributed by atoms with Crippen LogP contribution in [0.15, 0.2) is 0 Å². The zero-order valence-corrected chi connectivity index (χ0v) is 13.1. The number of hydrogen-bond donors (Lipinski definition) is 1. The van der Waals surface area contributed by atoms with Gasteiger partial charge in [-0.25, -0.2) is 0 Å². The van der Waals surface area contributed by atoms with Crippen LogP contribution in [0.2, 0.25) is 0 Å². The number of ether oxygens (including phenoxy) is 1. The molecule has 1 heterocycles. The standard InChI is InChI=1S/C15H29N3O/c1-6-8-17-15(4,11-16)10-12(2)18(5)14-7-9-19-13(14)3/h12-14,17H,6-10H2,1-5H3. The summed E-state index contributed by atoms with van der Waals surface area (Å²) >= 11 is 0. The SMILES string of the molecule is CCCNC(C)(C#N)CC(C)N(C)C1CCOC1C. The van der Waals surface area contributed by atoms with Crippen LogP contribution in [-0.4, -0.2) is 48.8 Å². The molecule has 1 saturated heterocycles. The van der Waals surface area contributed by atoms with Gasteiger partial charge in [0.15, 0.2) is 0 Å². The second-order valence-corrected chi connectivity index (χ2v) is 6.02. The Labute approximate surface area is 118 Å². The minimum absolute atomic E-state index is 0.296. The molecule has 4 nitrogen and oxygen atoms in total. The van der Waals surface area contributed by atoms with Crippen LogP contribution in [0.4, 0.5) is 0 Å². The summed E-state index contributed by atoms with van der Waals surface area (Å²) in [6.07, 6.45) is 3.27. The molecule has 1 aliphatic heterocycles. The van der Waals surface area contributed by atoms with Gasteiger partial charge in [-0.3, -0.25) is 10.2 Å². The van der Waals surface area contributed by atoms with Gasteiger partial charge in [0.1, 0.15) is 5.54 Å². The summed E-state index contributed by atoms with van der Waals surface area (Å²) < 4.78 is 5.64. The second kappa shape index (κ2) is 7.23. The predicted octanol–water partition coefficient (Wildman–Crippen LogP) is 2.16. The fourth-order valence-corrected chi connectivity index (χ4v) is 2.88. The van der Waals surface area contributed by atoms with Crippen molar-refractivity contribution in [3.63, 3.8) is 0 Å². The summed E-state index contributed by atoms with van der Waals surface area (Å²) in [7, 11) is 2.15. The molecule has 110 valence electrons. The molecule has 1 fully saturated rings. The Morgan fingerprint density at radius 2 is 2.26 bits per heavy atom. The summed E-state index contributed by atoms with van der Waals surface area (Å²) in [5.41, 5.74) is -0.438. The van der Waals surface area contributed by atoms with Crippen LogP contribution in [0.1, 0.15) is 47.0 Å². The lowest BCUT2D eigenvalue weighted by molar-refractivity contribution is 0.0650. The van der Waals surface area contributed by atoms with E-state index in [4.69, 9.17) is 4.74 Å². The first-order valence-electron chi connectivity index (χ1n) is 7.43. The zero-order chi connectivity index (χ0) is 14.5. The minimum atomic E-state index is -0.438. The first-order chi connectivity index (χ1) is 8.93. The van der Waals surface area contributed by atoms with Crippen LogP contribution in [0.3, 0.4) is 0 Å². The molecule has 0 saturated carbocycles. The van der Waals surface area contributed by atoms with E-state index in [0.29, 0.717) is 18.2 Å². The molecular formula is C15H29N3O. The van der Waals surface area contributed by atoms with Crippen LogP contribution in [0.5, 0.6) is 0 Å². The monoisotopic (exact) mass is 267 g/mol. The van der Waals surface area contributed by atoms with Crippen LogP contribution in [0.25, 0.3) is 0 Å². The highest BCUT2D eigenvalue weighted by Gasteiger charge is 2.33. The van der Waals surface area contributed by atoms with Gasteiger partial charge in [0, 0.05) is 18.7 Å². The van der Waals surface area contributed by atoms with E-state index in [1.165, 1.54) is 0 Å². The smallest absolute Gasteiger partial charge is 0.105 e. The summed E-state index contributed by atoms with van der Waals surface area (Å²) in [5.74, 6) is 0. The Morgan fingerprint density at radius 1 is 1.58 bits per heavy atom. The third-order valence-electron chi connectivity index (χ3n) is 4.27. The van der Waals surface area contributed by atoms with Gasteiger partial charge in [-0.1, -0.05) is 6.92 Å². The lowest BCUT2D eigenvalue weighted by Gasteiger charge is -2.36. The molecule has 1 rings (SSSR count). The van der Waals surface area contributed by atoms with E-state index in [0.717, 1.165) is 32.4 Å². The molecule has 0 spiro atoms. The van der Waals surface area contributed by atoms with Crippen molar-refractivity contribution in [1.29, 1.82) is 5.26 Å². The molecule has 0 bridgehead atoms. The van der Waals surface area contributed by atoms with Gasteiger partial charge in [-0.05, 0) is 53.6 Å². The number of nitrogens with one attached hydrogen (secondary N) is 1. The quantitative estimate of drug-likeness (QED) is 0.768. The number of nitrogens with zero attached hydrogens (tertiary/aromatic N) is 2. The van der Waals surface area contributed by atoms with Gasteiger partial charge in [-0.15, -0.1) is 0 Å². The highest BCUT2D eigenvalue weighted by Crippen LogP contribution is 2.23. The Bertz CT molecular complexity index is 315. The largest absolute Gasteiger partial charge is 0.377 e. The first kappa shape index (κ1) is 16.4. The van der Waals surface area contributed by atoms with Gasteiger partial charge < -0.3 is 4.74 Å². The lowest BCUT2D eigenvalue weighted by atomic mass is 9.93. The molecule has 1 aliphatic rings. The number of likely N-dealkylation sites (N-methyl/N-ethyl adjacent to an activating group) is 1. The maximum Gasteiger partial charge on any atom is 0.105 e. The first-order valence-corrected chi connectivity index (χ1v) is 7.43. The fourth-order valence-electron chi connectivity index (χ4n) is 2.88. The highest BCUT2D eigenvalue weighted by atomic mass is 16.5. The molecule has 0 aromatic carbocycles. The molecule has 4 atom stereocenters. The van der Waals surface area contributed by atoms with Crippen LogP contribution in [-0.2, 0) is 4.74 Å². The number of hydrogen-bond acceptors (Lipinski definition) is 4. The Hall–Kier alpha value is -0.630. The summed E-state index contributed by atoms with van der Waals surface area (Å²) in [4.78, 5) is 2.38. The maximum absolute atomic E-state index is 9.40.